The zero-order valence-electron chi connectivity index (χ0n) is 10.4. The lowest BCUT2D eigenvalue weighted by Gasteiger charge is -2.11. The second-order valence-electron chi connectivity index (χ2n) is 4.22. The van der Waals surface area contributed by atoms with E-state index in [1.165, 1.54) is 25.1 Å². The van der Waals surface area contributed by atoms with Crippen molar-refractivity contribution < 1.29 is 22.9 Å². The first kappa shape index (κ1) is 14.1. The van der Waals surface area contributed by atoms with Crippen LogP contribution in [0.3, 0.4) is 0 Å². The average Bonchev–Trinajstić information content (AvgIpc) is 2.31. The molecule has 2 aromatic rings. The lowest BCUT2D eigenvalue weighted by atomic mass is 10.1. The van der Waals surface area contributed by atoms with Crippen LogP contribution in [0.2, 0.25) is 0 Å². The molecule has 0 aliphatic rings. The average molecular weight is 296 g/mol. The molecule has 0 saturated heterocycles. The summed E-state index contributed by atoms with van der Waals surface area (Å²) in [5.41, 5.74) is 5.90. The predicted octanol–water partition coefficient (Wildman–Crippen LogP) is 1.33. The first-order chi connectivity index (χ1) is 9.20. The molecule has 20 heavy (non-hydrogen) atoms. The Kier molecular flexibility index (Phi) is 3.28. The number of hydrogen-bond acceptors (Lipinski definition) is 5. The molecule has 0 fully saturated rings. The molecule has 1 amide bonds. The summed E-state index contributed by atoms with van der Waals surface area (Å²) in [4.78, 5) is 10.4. The number of benzene rings is 2. The number of anilines is 2. The maximum atomic E-state index is 11.2. The van der Waals surface area contributed by atoms with Gasteiger partial charge in [0.15, 0.2) is 0 Å². The van der Waals surface area contributed by atoms with Crippen LogP contribution in [-0.2, 0) is 14.9 Å². The van der Waals surface area contributed by atoms with Crippen molar-refractivity contribution in [3.63, 3.8) is 0 Å². The minimum Gasteiger partial charge on any atom is -0.507 e. The van der Waals surface area contributed by atoms with E-state index in [1.807, 2.05) is 0 Å². The summed E-state index contributed by atoms with van der Waals surface area (Å²) in [6.45, 7) is 1.32. The fourth-order valence-corrected chi connectivity index (χ4v) is 2.55. The number of nitrogens with two attached hydrogens (primary N) is 1. The molecule has 0 aliphatic carbocycles. The van der Waals surface area contributed by atoms with Gasteiger partial charge in [-0.3, -0.25) is 9.35 Å². The van der Waals surface area contributed by atoms with Crippen LogP contribution in [0.15, 0.2) is 29.2 Å². The second kappa shape index (κ2) is 4.66. The minimum atomic E-state index is -4.56. The Morgan fingerprint density at radius 3 is 2.45 bits per heavy atom. The maximum Gasteiger partial charge on any atom is 0.296 e. The van der Waals surface area contributed by atoms with Gasteiger partial charge in [-0.15, -0.1) is 0 Å². The predicted molar refractivity (Wildman–Crippen MR) is 74.1 cm³/mol. The van der Waals surface area contributed by atoms with Crippen molar-refractivity contribution in [2.75, 3.05) is 11.1 Å². The molecule has 0 unspecified atom stereocenters. The summed E-state index contributed by atoms with van der Waals surface area (Å²) < 4.78 is 31.5. The van der Waals surface area contributed by atoms with Gasteiger partial charge >= 0.3 is 0 Å². The van der Waals surface area contributed by atoms with Crippen molar-refractivity contribution in [1.82, 2.24) is 0 Å². The molecule has 0 spiro atoms. The number of carbonyl (C=O) groups excluding carboxylic acids is 1. The molecule has 0 radical (unpaired) electrons. The van der Waals surface area contributed by atoms with Crippen LogP contribution in [0.5, 0.6) is 5.75 Å². The highest BCUT2D eigenvalue weighted by molar-refractivity contribution is 7.86. The van der Waals surface area contributed by atoms with Crippen molar-refractivity contribution in [2.45, 2.75) is 11.8 Å². The number of fused-ring (bicyclic) bond motifs is 1. The Morgan fingerprint density at radius 1 is 1.25 bits per heavy atom. The fraction of sp³-hybridized carbons (Fsp3) is 0.0833. The lowest BCUT2D eigenvalue weighted by Crippen LogP contribution is -2.06. The number of rotatable bonds is 2. The molecule has 2 rings (SSSR count). The fourth-order valence-electron chi connectivity index (χ4n) is 1.90. The zero-order valence-corrected chi connectivity index (χ0v) is 11.2. The molecule has 0 bridgehead atoms. The Bertz CT molecular complexity index is 814. The summed E-state index contributed by atoms with van der Waals surface area (Å²) in [6, 6.07) is 5.32. The van der Waals surface area contributed by atoms with E-state index in [2.05, 4.69) is 5.32 Å². The van der Waals surface area contributed by atoms with Crippen molar-refractivity contribution in [3.8, 4) is 5.75 Å². The van der Waals surface area contributed by atoms with Gasteiger partial charge in [0.2, 0.25) is 5.91 Å². The van der Waals surface area contributed by atoms with E-state index in [0.29, 0.717) is 11.1 Å². The summed E-state index contributed by atoms with van der Waals surface area (Å²) in [5.74, 6) is -0.644. The molecule has 2 aromatic carbocycles. The molecular weight excluding hydrogens is 284 g/mol. The quantitative estimate of drug-likeness (QED) is 0.376. The standard InChI is InChI=1S/C12H12N2O5S/c1-6(15)14-7-2-3-8-9(4-7)12(13)11(5-10(8)16)20(17,18)19/h2-5,16H,13H2,1H3,(H,14,15)(H,17,18,19). The van der Waals surface area contributed by atoms with E-state index in [4.69, 9.17) is 10.3 Å². The molecule has 5 N–H and O–H groups in total. The third-order valence-corrected chi connectivity index (χ3v) is 3.61. The molecule has 7 nitrogen and oxygen atoms in total. The SMILES string of the molecule is CC(=O)Nc1ccc2c(O)cc(S(=O)(=O)O)c(N)c2c1. The molecule has 0 atom stereocenters. The largest absolute Gasteiger partial charge is 0.507 e. The number of amides is 1. The molecule has 106 valence electrons. The van der Waals surface area contributed by atoms with Crippen molar-refractivity contribution in [2.24, 2.45) is 0 Å². The van der Waals surface area contributed by atoms with Crippen LogP contribution in [0.25, 0.3) is 10.8 Å². The van der Waals surface area contributed by atoms with Crippen LogP contribution in [0, 0.1) is 0 Å². The summed E-state index contributed by atoms with van der Waals surface area (Å²) in [6.07, 6.45) is 0. The molecule has 8 heteroatoms. The number of phenolic OH excluding ortho intramolecular Hbond substituents is 1. The molecular formula is C12H12N2O5S. The van der Waals surface area contributed by atoms with Gasteiger partial charge in [-0.1, -0.05) is 0 Å². The van der Waals surface area contributed by atoms with Gasteiger partial charge in [-0.2, -0.15) is 8.42 Å². The summed E-state index contributed by atoms with van der Waals surface area (Å²) >= 11 is 0. The number of aromatic hydroxyl groups is 1. The number of carbonyl (C=O) groups is 1. The van der Waals surface area contributed by atoms with E-state index in [-0.39, 0.29) is 22.7 Å². The normalized spacial score (nSPS) is 11.5. The smallest absolute Gasteiger partial charge is 0.296 e. The maximum absolute atomic E-state index is 11.2. The van der Waals surface area contributed by atoms with Gasteiger partial charge in [0, 0.05) is 29.4 Å². The monoisotopic (exact) mass is 296 g/mol. The van der Waals surface area contributed by atoms with Crippen LogP contribution < -0.4 is 11.1 Å². The van der Waals surface area contributed by atoms with E-state index in [9.17, 15) is 18.3 Å². The second-order valence-corrected chi connectivity index (χ2v) is 5.61. The number of hydrogen-bond donors (Lipinski definition) is 4. The zero-order chi connectivity index (χ0) is 15.1. The van der Waals surface area contributed by atoms with Gasteiger partial charge in [0.25, 0.3) is 10.1 Å². The highest BCUT2D eigenvalue weighted by Crippen LogP contribution is 2.36. The van der Waals surface area contributed by atoms with Crippen LogP contribution in [0.4, 0.5) is 11.4 Å². The first-order valence-corrected chi connectivity index (χ1v) is 6.94. The third kappa shape index (κ3) is 2.51. The van der Waals surface area contributed by atoms with Gasteiger partial charge in [-0.25, -0.2) is 0 Å². The van der Waals surface area contributed by atoms with Crippen LogP contribution in [0.1, 0.15) is 6.92 Å². The Morgan fingerprint density at radius 2 is 1.90 bits per heavy atom. The van der Waals surface area contributed by atoms with Crippen molar-refractivity contribution in [1.29, 1.82) is 0 Å². The van der Waals surface area contributed by atoms with E-state index in [0.717, 1.165) is 6.07 Å². The molecule has 0 aromatic heterocycles. The Labute approximate surface area is 114 Å². The van der Waals surface area contributed by atoms with Gasteiger partial charge < -0.3 is 16.2 Å². The van der Waals surface area contributed by atoms with E-state index in [1.54, 1.807) is 0 Å². The Balaban J connectivity index is 2.79. The topological polar surface area (TPSA) is 130 Å². The first-order valence-electron chi connectivity index (χ1n) is 5.50. The minimum absolute atomic E-state index is 0.201. The molecule has 0 saturated carbocycles. The molecule has 0 aliphatic heterocycles. The Hall–Kier alpha value is -2.32. The third-order valence-electron chi connectivity index (χ3n) is 2.72. The summed E-state index contributed by atoms with van der Waals surface area (Å²) in [7, 11) is -4.56. The number of phenols is 1. The van der Waals surface area contributed by atoms with Gasteiger partial charge in [0.05, 0.1) is 5.69 Å². The van der Waals surface area contributed by atoms with Crippen LogP contribution >= 0.6 is 0 Å². The number of nitrogens with one attached hydrogen (secondary N) is 1. The van der Waals surface area contributed by atoms with E-state index < -0.39 is 15.0 Å². The highest BCUT2D eigenvalue weighted by atomic mass is 32.2. The van der Waals surface area contributed by atoms with Crippen molar-refractivity contribution in [3.05, 3.63) is 24.3 Å². The van der Waals surface area contributed by atoms with Crippen molar-refractivity contribution >= 4 is 38.2 Å². The van der Waals surface area contributed by atoms with Crippen LogP contribution in [-0.4, -0.2) is 24.0 Å². The molecule has 0 heterocycles. The van der Waals surface area contributed by atoms with E-state index >= 15 is 0 Å². The highest BCUT2D eigenvalue weighted by Gasteiger charge is 2.19. The van der Waals surface area contributed by atoms with Gasteiger partial charge in [0.1, 0.15) is 10.6 Å². The lowest BCUT2D eigenvalue weighted by molar-refractivity contribution is -0.114. The number of nitrogen functional groups attached to an aromatic ring is 1. The van der Waals surface area contributed by atoms with Gasteiger partial charge in [-0.05, 0) is 18.2 Å². The summed E-state index contributed by atoms with van der Waals surface area (Å²) in [5, 5.41) is 12.8.